The van der Waals surface area contributed by atoms with Crippen LogP contribution in [0, 0.1) is 5.92 Å². The minimum Gasteiger partial charge on any atom is -0.481 e. The molecule has 5 nitrogen and oxygen atoms in total. The summed E-state index contributed by atoms with van der Waals surface area (Å²) in [6.07, 6.45) is 3.39. The highest BCUT2D eigenvalue weighted by atomic mass is 16.4. The van der Waals surface area contributed by atoms with E-state index in [1.54, 1.807) is 11.0 Å². The van der Waals surface area contributed by atoms with Gasteiger partial charge < -0.3 is 14.6 Å². The van der Waals surface area contributed by atoms with E-state index in [-0.39, 0.29) is 11.9 Å². The van der Waals surface area contributed by atoms with Crippen LogP contribution in [0.1, 0.15) is 37.2 Å². The van der Waals surface area contributed by atoms with Crippen LogP contribution < -0.4 is 0 Å². The van der Waals surface area contributed by atoms with Gasteiger partial charge in [0.05, 0.1) is 5.92 Å². The fourth-order valence-corrected chi connectivity index (χ4v) is 2.75. The monoisotopic (exact) mass is 264 g/mol. The molecule has 0 bridgehead atoms. The van der Waals surface area contributed by atoms with E-state index >= 15 is 0 Å². The average Bonchev–Trinajstić information content (AvgIpc) is 2.95. The van der Waals surface area contributed by atoms with Crippen molar-refractivity contribution in [1.29, 1.82) is 0 Å². The molecule has 2 atom stereocenters. The van der Waals surface area contributed by atoms with Gasteiger partial charge in [-0.2, -0.15) is 0 Å². The molecular weight excluding hydrogens is 244 g/mol. The standard InChI is InChI=1S/C14H20N2O3/c1-3-7-15-8-4-5-12(15)13(17)16-9-6-11(10(16)2)14(18)19/h4-5,8,10-11H,3,6-7,9H2,1-2H3,(H,18,19). The lowest BCUT2D eigenvalue weighted by molar-refractivity contribution is -0.142. The van der Waals surface area contributed by atoms with Crippen molar-refractivity contribution in [3.8, 4) is 0 Å². The zero-order valence-electron chi connectivity index (χ0n) is 11.4. The molecule has 2 rings (SSSR count). The fourth-order valence-electron chi connectivity index (χ4n) is 2.75. The second kappa shape index (κ2) is 5.47. The third-order valence-corrected chi connectivity index (χ3v) is 3.85. The Bertz CT molecular complexity index is 481. The largest absolute Gasteiger partial charge is 0.481 e. The summed E-state index contributed by atoms with van der Waals surface area (Å²) in [4.78, 5) is 25.3. The van der Waals surface area contributed by atoms with Crippen LogP contribution in [0.2, 0.25) is 0 Å². The highest BCUT2D eigenvalue weighted by Crippen LogP contribution is 2.26. The number of nitrogens with zero attached hydrogens (tertiary/aromatic N) is 2. The van der Waals surface area contributed by atoms with E-state index in [0.29, 0.717) is 18.7 Å². The van der Waals surface area contributed by atoms with Crippen molar-refractivity contribution in [3.63, 3.8) is 0 Å². The number of amides is 1. The third-order valence-electron chi connectivity index (χ3n) is 3.85. The summed E-state index contributed by atoms with van der Waals surface area (Å²) in [6.45, 7) is 5.21. The fraction of sp³-hybridized carbons (Fsp3) is 0.571. The van der Waals surface area contributed by atoms with Gasteiger partial charge in [-0.15, -0.1) is 0 Å². The van der Waals surface area contributed by atoms with E-state index in [4.69, 9.17) is 5.11 Å². The van der Waals surface area contributed by atoms with E-state index in [9.17, 15) is 9.59 Å². The van der Waals surface area contributed by atoms with Gasteiger partial charge in [0.15, 0.2) is 0 Å². The first-order valence-electron chi connectivity index (χ1n) is 6.75. The van der Waals surface area contributed by atoms with Gasteiger partial charge >= 0.3 is 5.97 Å². The van der Waals surface area contributed by atoms with Crippen LogP contribution >= 0.6 is 0 Å². The SMILES string of the molecule is CCCn1cccc1C(=O)N1CCC(C(=O)O)C1C. The molecule has 1 aliphatic rings. The first kappa shape index (κ1) is 13.6. The molecule has 0 aromatic carbocycles. The summed E-state index contributed by atoms with van der Waals surface area (Å²) >= 11 is 0. The number of aliphatic carboxylic acids is 1. The minimum absolute atomic E-state index is 0.0605. The normalized spacial score (nSPS) is 22.7. The lowest BCUT2D eigenvalue weighted by Gasteiger charge is -2.23. The molecular formula is C14H20N2O3. The maximum absolute atomic E-state index is 12.5. The highest BCUT2D eigenvalue weighted by molar-refractivity contribution is 5.93. The quantitative estimate of drug-likeness (QED) is 0.902. The van der Waals surface area contributed by atoms with E-state index in [1.165, 1.54) is 0 Å². The Labute approximate surface area is 112 Å². The number of carbonyl (C=O) groups is 2. The number of carboxylic acid groups (broad SMARTS) is 1. The maximum Gasteiger partial charge on any atom is 0.308 e. The molecule has 1 fully saturated rings. The Hall–Kier alpha value is -1.78. The van der Waals surface area contributed by atoms with Crippen molar-refractivity contribution in [2.24, 2.45) is 5.92 Å². The first-order valence-corrected chi connectivity index (χ1v) is 6.75. The molecule has 1 aromatic heterocycles. The Kier molecular flexibility index (Phi) is 3.93. The van der Waals surface area contributed by atoms with Gasteiger partial charge in [-0.05, 0) is 31.9 Å². The molecule has 0 spiro atoms. The number of aryl methyl sites for hydroxylation is 1. The predicted octanol–water partition coefficient (Wildman–Crippen LogP) is 1.83. The van der Waals surface area contributed by atoms with E-state index < -0.39 is 11.9 Å². The van der Waals surface area contributed by atoms with Crippen LogP contribution in [0.3, 0.4) is 0 Å². The third kappa shape index (κ3) is 2.50. The van der Waals surface area contributed by atoms with Gasteiger partial charge in [0.2, 0.25) is 0 Å². The zero-order valence-corrected chi connectivity index (χ0v) is 11.4. The van der Waals surface area contributed by atoms with Gasteiger partial charge in [0.1, 0.15) is 5.69 Å². The number of hydrogen-bond acceptors (Lipinski definition) is 2. The molecule has 0 saturated carbocycles. The summed E-state index contributed by atoms with van der Waals surface area (Å²) in [6, 6.07) is 3.42. The topological polar surface area (TPSA) is 62.5 Å². The summed E-state index contributed by atoms with van der Waals surface area (Å²) in [5.41, 5.74) is 0.653. The number of carbonyl (C=O) groups excluding carboxylic acids is 1. The van der Waals surface area contributed by atoms with Gasteiger partial charge in [-0.1, -0.05) is 6.92 Å². The molecule has 0 aliphatic carbocycles. The van der Waals surface area contributed by atoms with Gasteiger partial charge in [-0.25, -0.2) is 0 Å². The van der Waals surface area contributed by atoms with Crippen molar-refractivity contribution in [1.82, 2.24) is 9.47 Å². The van der Waals surface area contributed by atoms with Crippen molar-refractivity contribution >= 4 is 11.9 Å². The molecule has 1 aromatic rings. The van der Waals surface area contributed by atoms with E-state index in [1.807, 2.05) is 23.8 Å². The van der Waals surface area contributed by atoms with Gasteiger partial charge in [0, 0.05) is 25.3 Å². The summed E-state index contributed by atoms with van der Waals surface area (Å²) in [5.74, 6) is -1.32. The van der Waals surface area contributed by atoms with Crippen LogP contribution in [0.4, 0.5) is 0 Å². The number of hydrogen-bond donors (Lipinski definition) is 1. The summed E-state index contributed by atoms with van der Waals surface area (Å²) < 4.78 is 1.93. The lowest BCUT2D eigenvalue weighted by atomic mass is 10.0. The zero-order chi connectivity index (χ0) is 14.0. The maximum atomic E-state index is 12.5. The molecule has 104 valence electrons. The molecule has 0 radical (unpaired) electrons. The second-order valence-electron chi connectivity index (χ2n) is 5.06. The minimum atomic E-state index is -0.813. The number of likely N-dealkylation sites (tertiary alicyclic amines) is 1. The van der Waals surface area contributed by atoms with Crippen LogP contribution in [0.15, 0.2) is 18.3 Å². The Morgan fingerprint density at radius 2 is 2.21 bits per heavy atom. The average molecular weight is 264 g/mol. The van der Waals surface area contributed by atoms with Crippen LogP contribution in [0.5, 0.6) is 0 Å². The van der Waals surface area contributed by atoms with E-state index in [2.05, 4.69) is 6.92 Å². The summed E-state index contributed by atoms with van der Waals surface area (Å²) in [7, 11) is 0. The Morgan fingerprint density at radius 1 is 1.47 bits per heavy atom. The van der Waals surface area contributed by atoms with Crippen LogP contribution in [0.25, 0.3) is 0 Å². The molecule has 1 N–H and O–H groups in total. The van der Waals surface area contributed by atoms with Crippen molar-refractivity contribution in [2.45, 2.75) is 39.3 Å². The molecule has 1 amide bonds. The predicted molar refractivity (Wildman–Crippen MR) is 71.0 cm³/mol. The molecule has 5 heteroatoms. The summed E-state index contributed by atoms with van der Waals surface area (Å²) in [5, 5.41) is 9.11. The lowest BCUT2D eigenvalue weighted by Crippen LogP contribution is -2.38. The molecule has 1 saturated heterocycles. The molecule has 2 unspecified atom stereocenters. The molecule has 2 heterocycles. The molecule has 1 aliphatic heterocycles. The van der Waals surface area contributed by atoms with Gasteiger partial charge in [-0.3, -0.25) is 9.59 Å². The van der Waals surface area contributed by atoms with Crippen molar-refractivity contribution in [3.05, 3.63) is 24.0 Å². The second-order valence-corrected chi connectivity index (χ2v) is 5.06. The van der Waals surface area contributed by atoms with Crippen molar-refractivity contribution in [2.75, 3.05) is 6.54 Å². The van der Waals surface area contributed by atoms with Gasteiger partial charge in [0.25, 0.3) is 5.91 Å². The van der Waals surface area contributed by atoms with Crippen LogP contribution in [-0.2, 0) is 11.3 Å². The number of aromatic nitrogens is 1. The smallest absolute Gasteiger partial charge is 0.308 e. The Balaban J connectivity index is 2.16. The van der Waals surface area contributed by atoms with E-state index in [0.717, 1.165) is 13.0 Å². The van der Waals surface area contributed by atoms with Crippen molar-refractivity contribution < 1.29 is 14.7 Å². The molecule has 19 heavy (non-hydrogen) atoms. The highest BCUT2D eigenvalue weighted by Gasteiger charge is 2.38. The number of carboxylic acids is 1. The first-order chi connectivity index (χ1) is 9.06. The van der Waals surface area contributed by atoms with Crippen LogP contribution in [-0.4, -0.2) is 39.0 Å². The Morgan fingerprint density at radius 3 is 2.79 bits per heavy atom. The number of rotatable bonds is 4.